The van der Waals surface area contributed by atoms with E-state index in [0.717, 1.165) is 11.3 Å². The highest BCUT2D eigenvalue weighted by Gasteiger charge is 2.30. The minimum absolute atomic E-state index is 0.134. The number of aromatic nitrogens is 2. The molecule has 3 rings (SSSR count). The third-order valence-corrected chi connectivity index (χ3v) is 5.11. The molecule has 3 atom stereocenters. The molecule has 1 aromatic carbocycles. The second-order valence-electron chi connectivity index (χ2n) is 6.27. The maximum Gasteiger partial charge on any atom is 0.238 e. The van der Waals surface area contributed by atoms with Gasteiger partial charge in [-0.05, 0) is 30.9 Å². The first-order valence-electron chi connectivity index (χ1n) is 8.36. The summed E-state index contributed by atoms with van der Waals surface area (Å²) < 4.78 is 11.6. The molecular weight excluding hydrogens is 340 g/mol. The predicted molar refractivity (Wildman–Crippen MR) is 96.0 cm³/mol. The number of aliphatic hydroxyl groups excluding tert-OH is 2. The molecule has 2 aromatic rings. The summed E-state index contributed by atoms with van der Waals surface area (Å²) in [7, 11) is 0. The number of benzene rings is 1. The van der Waals surface area contributed by atoms with E-state index in [4.69, 9.17) is 9.47 Å². The third-order valence-electron chi connectivity index (χ3n) is 4.37. The highest BCUT2D eigenvalue weighted by atomic mass is 32.2. The molecular formula is C18H24N2O4S. The zero-order valence-corrected chi connectivity index (χ0v) is 15.3. The number of aliphatic hydroxyl groups is 2. The van der Waals surface area contributed by atoms with Crippen molar-refractivity contribution in [3.63, 3.8) is 0 Å². The van der Waals surface area contributed by atoms with Crippen molar-refractivity contribution in [2.75, 3.05) is 12.9 Å². The molecule has 1 aromatic heterocycles. The molecule has 1 aliphatic rings. The smallest absolute Gasteiger partial charge is 0.238 e. The average molecular weight is 364 g/mol. The van der Waals surface area contributed by atoms with Crippen LogP contribution in [0.15, 0.2) is 29.2 Å². The number of rotatable bonds is 6. The van der Waals surface area contributed by atoms with Crippen molar-refractivity contribution in [2.45, 2.75) is 49.6 Å². The van der Waals surface area contributed by atoms with Crippen LogP contribution in [0.1, 0.15) is 29.7 Å². The van der Waals surface area contributed by atoms with Crippen LogP contribution in [-0.4, -0.2) is 51.8 Å². The van der Waals surface area contributed by atoms with E-state index in [9.17, 15) is 10.2 Å². The number of thioether (sulfide) groups is 1. The highest BCUT2D eigenvalue weighted by molar-refractivity contribution is 7.98. The van der Waals surface area contributed by atoms with Gasteiger partial charge in [0.05, 0.1) is 18.8 Å². The molecule has 2 heterocycles. The van der Waals surface area contributed by atoms with E-state index < -0.39 is 18.5 Å². The van der Waals surface area contributed by atoms with Gasteiger partial charge < -0.3 is 19.7 Å². The Kier molecular flexibility index (Phi) is 6.01. The largest absolute Gasteiger partial charge is 0.446 e. The summed E-state index contributed by atoms with van der Waals surface area (Å²) in [6.07, 6.45) is 1.98. The second-order valence-corrected chi connectivity index (χ2v) is 7.15. The fourth-order valence-electron chi connectivity index (χ4n) is 2.95. The van der Waals surface area contributed by atoms with Gasteiger partial charge >= 0.3 is 0 Å². The van der Waals surface area contributed by atoms with Crippen LogP contribution in [0, 0.1) is 6.92 Å². The molecule has 3 N–H and O–H groups in total. The van der Waals surface area contributed by atoms with Gasteiger partial charge in [0.1, 0.15) is 0 Å². The Morgan fingerprint density at radius 1 is 1.32 bits per heavy atom. The molecule has 7 heteroatoms. The van der Waals surface area contributed by atoms with E-state index in [2.05, 4.69) is 40.7 Å². The quantitative estimate of drug-likeness (QED) is 0.682. The Bertz CT molecular complexity index is 689. The molecule has 1 aliphatic heterocycles. The van der Waals surface area contributed by atoms with Gasteiger partial charge in [-0.2, -0.15) is 0 Å². The molecule has 136 valence electrons. The monoisotopic (exact) mass is 364 g/mol. The molecule has 0 aliphatic carbocycles. The molecule has 0 radical (unpaired) electrons. The second kappa shape index (κ2) is 8.23. The van der Waals surface area contributed by atoms with Gasteiger partial charge in [-0.3, -0.25) is 5.10 Å². The van der Waals surface area contributed by atoms with Gasteiger partial charge in [-0.15, -0.1) is 16.9 Å². The summed E-state index contributed by atoms with van der Waals surface area (Å²) in [5.74, 6) is 0.488. The predicted octanol–water partition coefficient (Wildman–Crippen LogP) is 2.27. The number of aromatic amines is 1. The van der Waals surface area contributed by atoms with E-state index in [1.807, 2.05) is 6.92 Å². The minimum Gasteiger partial charge on any atom is -0.446 e. The number of nitrogens with zero attached hydrogens (tertiary/aromatic N) is 1. The van der Waals surface area contributed by atoms with E-state index in [1.54, 1.807) is 11.8 Å². The average Bonchev–Trinajstić information content (AvgIpc) is 2.95. The van der Waals surface area contributed by atoms with Crippen molar-refractivity contribution in [2.24, 2.45) is 0 Å². The molecule has 6 nitrogen and oxygen atoms in total. The van der Waals surface area contributed by atoms with E-state index in [0.29, 0.717) is 25.1 Å². The van der Waals surface area contributed by atoms with Gasteiger partial charge in [-0.25, -0.2) is 0 Å². The first-order valence-corrected chi connectivity index (χ1v) is 9.59. The summed E-state index contributed by atoms with van der Waals surface area (Å²) in [6.45, 7) is 1.82. The number of hydrogen-bond acceptors (Lipinski definition) is 6. The maximum absolute atomic E-state index is 9.92. The SMILES string of the molecule is CSc1ccc(Cc2c(O[C@H]3C[C@@H](O)C[C@@H](CO)O3)n[nH]c2C)cc1. The van der Waals surface area contributed by atoms with E-state index in [1.165, 1.54) is 10.5 Å². The number of ether oxygens (including phenoxy) is 2. The fourth-order valence-corrected chi connectivity index (χ4v) is 3.36. The summed E-state index contributed by atoms with van der Waals surface area (Å²) in [5, 5.41) is 26.4. The molecule has 1 fully saturated rings. The lowest BCUT2D eigenvalue weighted by atomic mass is 10.0. The molecule has 0 unspecified atom stereocenters. The van der Waals surface area contributed by atoms with Gasteiger partial charge in [0.2, 0.25) is 12.2 Å². The molecule has 25 heavy (non-hydrogen) atoms. The normalized spacial score (nSPS) is 23.6. The van der Waals surface area contributed by atoms with Gasteiger partial charge in [0.25, 0.3) is 0 Å². The zero-order valence-electron chi connectivity index (χ0n) is 14.4. The van der Waals surface area contributed by atoms with Crippen LogP contribution in [0.5, 0.6) is 5.88 Å². The topological polar surface area (TPSA) is 87.6 Å². The van der Waals surface area contributed by atoms with Crippen molar-refractivity contribution in [3.8, 4) is 5.88 Å². The van der Waals surface area contributed by atoms with Crippen LogP contribution in [0.4, 0.5) is 0 Å². The van der Waals surface area contributed by atoms with Crippen molar-refractivity contribution in [3.05, 3.63) is 41.1 Å². The molecule has 1 saturated heterocycles. The van der Waals surface area contributed by atoms with Gasteiger partial charge in [0.15, 0.2) is 0 Å². The molecule has 0 saturated carbocycles. The Labute approximate surface area is 151 Å². The van der Waals surface area contributed by atoms with Crippen LogP contribution >= 0.6 is 11.8 Å². The summed E-state index contributed by atoms with van der Waals surface area (Å²) >= 11 is 1.71. The lowest BCUT2D eigenvalue weighted by Gasteiger charge is -2.31. The lowest BCUT2D eigenvalue weighted by Crippen LogP contribution is -2.40. The molecule has 0 amide bonds. The Hall–Kier alpha value is -1.54. The Morgan fingerprint density at radius 3 is 2.76 bits per heavy atom. The minimum atomic E-state index is -0.610. The van der Waals surface area contributed by atoms with E-state index >= 15 is 0 Å². The van der Waals surface area contributed by atoms with Gasteiger partial charge in [0, 0.05) is 35.4 Å². The van der Waals surface area contributed by atoms with Crippen molar-refractivity contribution >= 4 is 11.8 Å². The summed E-state index contributed by atoms with van der Waals surface area (Å²) in [5.41, 5.74) is 3.09. The van der Waals surface area contributed by atoms with Gasteiger partial charge in [-0.1, -0.05) is 12.1 Å². The standard InChI is InChI=1S/C18H24N2O4S/c1-11-16(7-12-3-5-15(25-2)6-4-12)18(20-19-11)24-17-9-13(22)8-14(10-21)23-17/h3-6,13-14,17,21-22H,7-10H2,1-2H3,(H,19,20)/t13-,14-,17-/m0/s1. The van der Waals surface area contributed by atoms with Crippen molar-refractivity contribution in [1.82, 2.24) is 10.2 Å². The van der Waals surface area contributed by atoms with Crippen molar-refractivity contribution < 1.29 is 19.7 Å². The molecule has 0 spiro atoms. The lowest BCUT2D eigenvalue weighted by molar-refractivity contribution is -0.185. The van der Waals surface area contributed by atoms with Crippen LogP contribution in [0.3, 0.4) is 0 Å². The first kappa shape index (κ1) is 18.3. The summed E-state index contributed by atoms with van der Waals surface area (Å²) in [6, 6.07) is 8.40. The number of nitrogens with one attached hydrogen (secondary N) is 1. The zero-order chi connectivity index (χ0) is 17.8. The highest BCUT2D eigenvalue weighted by Crippen LogP contribution is 2.27. The summed E-state index contributed by atoms with van der Waals surface area (Å²) in [4.78, 5) is 1.23. The van der Waals surface area contributed by atoms with Crippen LogP contribution in [0.25, 0.3) is 0 Å². The van der Waals surface area contributed by atoms with Crippen LogP contribution in [-0.2, 0) is 11.2 Å². The van der Waals surface area contributed by atoms with E-state index in [-0.39, 0.29) is 6.61 Å². The molecule has 0 bridgehead atoms. The first-order chi connectivity index (χ1) is 12.1. The number of H-pyrrole nitrogens is 1. The maximum atomic E-state index is 9.92. The van der Waals surface area contributed by atoms with Crippen LogP contribution < -0.4 is 4.74 Å². The fraction of sp³-hybridized carbons (Fsp3) is 0.500. The van der Waals surface area contributed by atoms with Crippen LogP contribution in [0.2, 0.25) is 0 Å². The Balaban J connectivity index is 1.72. The van der Waals surface area contributed by atoms with Crippen molar-refractivity contribution in [1.29, 1.82) is 0 Å². The number of hydrogen-bond donors (Lipinski definition) is 3. The number of aryl methyl sites for hydroxylation is 1. The Morgan fingerprint density at radius 2 is 2.08 bits per heavy atom. The third kappa shape index (κ3) is 4.55.